The van der Waals surface area contributed by atoms with Gasteiger partial charge < -0.3 is 10.6 Å². The minimum absolute atomic E-state index is 0.293. The van der Waals surface area contributed by atoms with Gasteiger partial charge in [-0.05, 0) is 38.6 Å². The molecule has 0 aromatic rings. The molecule has 2 unspecified atom stereocenters. The van der Waals surface area contributed by atoms with Crippen molar-refractivity contribution in [2.75, 3.05) is 19.6 Å². The van der Waals surface area contributed by atoms with Gasteiger partial charge in [-0.3, -0.25) is 9.89 Å². The molecule has 2 saturated heterocycles. The van der Waals surface area contributed by atoms with Crippen LogP contribution in [0.3, 0.4) is 0 Å². The van der Waals surface area contributed by atoms with Crippen LogP contribution in [0.2, 0.25) is 0 Å². The molecular formula is C12H20N4. The largest absolute Gasteiger partial charge is 0.370 e. The number of hydrogen-bond acceptors (Lipinski definition) is 4. The number of fused-ring (bicyclic) bond motifs is 2. The van der Waals surface area contributed by atoms with Crippen LogP contribution in [-0.4, -0.2) is 53.0 Å². The standard InChI is InChI=1S/C12H20N4/c13-11-14-8-12(16(11)9-3-4-9)5-7-15-6-1-2-10(12)15/h9-10H,1-8H2,(H2,13,14). The molecule has 3 fully saturated rings. The predicted molar refractivity (Wildman–Crippen MR) is 63.3 cm³/mol. The zero-order chi connectivity index (χ0) is 10.8. The molecule has 1 saturated carbocycles. The maximum Gasteiger partial charge on any atom is 0.192 e. The van der Waals surface area contributed by atoms with Gasteiger partial charge in [0.1, 0.15) is 0 Å². The van der Waals surface area contributed by atoms with Crippen LogP contribution in [0.4, 0.5) is 0 Å². The van der Waals surface area contributed by atoms with Crippen LogP contribution in [0.1, 0.15) is 32.1 Å². The second kappa shape index (κ2) is 2.92. The highest BCUT2D eigenvalue weighted by atomic mass is 15.4. The second-order valence-corrected chi connectivity index (χ2v) is 5.82. The van der Waals surface area contributed by atoms with Crippen molar-refractivity contribution in [3.8, 4) is 0 Å². The molecule has 1 aliphatic carbocycles. The summed E-state index contributed by atoms with van der Waals surface area (Å²) < 4.78 is 0. The summed E-state index contributed by atoms with van der Waals surface area (Å²) in [7, 11) is 0. The summed E-state index contributed by atoms with van der Waals surface area (Å²) in [5, 5.41) is 0. The van der Waals surface area contributed by atoms with E-state index in [0.717, 1.165) is 18.5 Å². The Morgan fingerprint density at radius 2 is 2.12 bits per heavy atom. The third-order valence-electron chi connectivity index (χ3n) is 4.97. The number of hydrogen-bond donors (Lipinski definition) is 1. The van der Waals surface area contributed by atoms with Gasteiger partial charge >= 0.3 is 0 Å². The molecule has 0 aromatic carbocycles. The minimum Gasteiger partial charge on any atom is -0.370 e. The van der Waals surface area contributed by atoms with Crippen LogP contribution in [0, 0.1) is 0 Å². The van der Waals surface area contributed by atoms with E-state index in [4.69, 9.17) is 5.73 Å². The maximum absolute atomic E-state index is 6.11. The Labute approximate surface area is 96.5 Å². The molecule has 3 aliphatic heterocycles. The van der Waals surface area contributed by atoms with Crippen LogP contribution in [0.25, 0.3) is 0 Å². The van der Waals surface area contributed by atoms with Crippen molar-refractivity contribution < 1.29 is 0 Å². The molecule has 0 aromatic heterocycles. The van der Waals surface area contributed by atoms with Gasteiger partial charge in [0.25, 0.3) is 0 Å². The molecule has 0 amide bonds. The molecule has 3 heterocycles. The normalized spacial score (nSPS) is 43.1. The van der Waals surface area contributed by atoms with Crippen molar-refractivity contribution in [3.05, 3.63) is 0 Å². The fourth-order valence-corrected chi connectivity index (χ4v) is 4.15. The van der Waals surface area contributed by atoms with E-state index in [0.29, 0.717) is 11.6 Å². The summed E-state index contributed by atoms with van der Waals surface area (Å²) in [6.07, 6.45) is 6.64. The zero-order valence-corrected chi connectivity index (χ0v) is 9.73. The Balaban J connectivity index is 1.70. The third-order valence-corrected chi connectivity index (χ3v) is 4.97. The Bertz CT molecular complexity index is 349. The quantitative estimate of drug-likeness (QED) is 0.695. The fraction of sp³-hybridized carbons (Fsp3) is 0.917. The summed E-state index contributed by atoms with van der Waals surface area (Å²) in [6, 6.07) is 1.45. The first kappa shape index (κ1) is 9.28. The molecule has 4 rings (SSSR count). The molecule has 0 radical (unpaired) electrons. The van der Waals surface area contributed by atoms with Crippen LogP contribution < -0.4 is 5.73 Å². The molecule has 1 spiro atoms. The number of nitrogens with two attached hydrogens (primary N) is 1. The lowest BCUT2D eigenvalue weighted by Crippen LogP contribution is -2.58. The van der Waals surface area contributed by atoms with E-state index < -0.39 is 0 Å². The predicted octanol–water partition coefficient (Wildman–Crippen LogP) is 0.386. The van der Waals surface area contributed by atoms with Crippen molar-refractivity contribution in [1.29, 1.82) is 0 Å². The van der Waals surface area contributed by atoms with Crippen LogP contribution in [0.15, 0.2) is 4.99 Å². The van der Waals surface area contributed by atoms with Gasteiger partial charge in [-0.1, -0.05) is 0 Å². The molecule has 16 heavy (non-hydrogen) atoms. The summed E-state index contributed by atoms with van der Waals surface area (Å²) in [6.45, 7) is 3.51. The molecular weight excluding hydrogens is 200 g/mol. The number of nitrogens with zero attached hydrogens (tertiary/aromatic N) is 3. The van der Waals surface area contributed by atoms with Crippen LogP contribution in [0.5, 0.6) is 0 Å². The van der Waals surface area contributed by atoms with E-state index >= 15 is 0 Å². The topological polar surface area (TPSA) is 44.9 Å². The fourth-order valence-electron chi connectivity index (χ4n) is 4.15. The Kier molecular flexibility index (Phi) is 1.69. The van der Waals surface area contributed by atoms with Crippen molar-refractivity contribution in [1.82, 2.24) is 9.80 Å². The zero-order valence-electron chi connectivity index (χ0n) is 9.73. The molecule has 2 N–H and O–H groups in total. The van der Waals surface area contributed by atoms with Gasteiger partial charge in [0.15, 0.2) is 5.96 Å². The van der Waals surface area contributed by atoms with Gasteiger partial charge in [0.05, 0.1) is 12.1 Å². The Hall–Kier alpha value is -0.770. The molecule has 88 valence electrons. The Morgan fingerprint density at radius 1 is 1.25 bits per heavy atom. The van der Waals surface area contributed by atoms with Crippen molar-refractivity contribution >= 4 is 5.96 Å². The maximum atomic E-state index is 6.11. The van der Waals surface area contributed by atoms with Crippen LogP contribution in [-0.2, 0) is 0 Å². The van der Waals surface area contributed by atoms with E-state index in [1.807, 2.05) is 0 Å². The minimum atomic E-state index is 0.293. The van der Waals surface area contributed by atoms with Gasteiger partial charge in [-0.15, -0.1) is 0 Å². The molecule has 4 heteroatoms. The van der Waals surface area contributed by atoms with Gasteiger partial charge in [-0.2, -0.15) is 0 Å². The van der Waals surface area contributed by atoms with Crippen LogP contribution >= 0.6 is 0 Å². The summed E-state index contributed by atoms with van der Waals surface area (Å²) in [5.74, 6) is 0.830. The lowest BCUT2D eigenvalue weighted by molar-refractivity contribution is 0.142. The van der Waals surface area contributed by atoms with Gasteiger partial charge in [0, 0.05) is 18.6 Å². The van der Waals surface area contributed by atoms with E-state index in [2.05, 4.69) is 14.8 Å². The third kappa shape index (κ3) is 1.01. The summed E-state index contributed by atoms with van der Waals surface area (Å²) in [5.41, 5.74) is 6.41. The lowest BCUT2D eigenvalue weighted by atomic mass is 9.87. The number of aliphatic imine (C=N–C) groups is 1. The first-order chi connectivity index (χ1) is 7.81. The van der Waals surface area contributed by atoms with E-state index in [1.54, 1.807) is 0 Å². The van der Waals surface area contributed by atoms with E-state index in [1.165, 1.54) is 45.2 Å². The number of rotatable bonds is 1. The summed E-state index contributed by atoms with van der Waals surface area (Å²) in [4.78, 5) is 9.74. The highest BCUT2D eigenvalue weighted by molar-refractivity contribution is 5.82. The lowest BCUT2D eigenvalue weighted by Gasteiger charge is -2.40. The average molecular weight is 220 g/mol. The smallest absolute Gasteiger partial charge is 0.192 e. The molecule has 0 bridgehead atoms. The highest BCUT2D eigenvalue weighted by Gasteiger charge is 2.58. The Morgan fingerprint density at radius 3 is 2.94 bits per heavy atom. The van der Waals surface area contributed by atoms with Gasteiger partial charge in [-0.25, -0.2) is 0 Å². The molecule has 2 atom stereocenters. The average Bonchev–Trinajstić information content (AvgIpc) is 2.75. The van der Waals surface area contributed by atoms with E-state index in [-0.39, 0.29) is 0 Å². The van der Waals surface area contributed by atoms with Crippen molar-refractivity contribution in [3.63, 3.8) is 0 Å². The molecule has 4 aliphatic rings. The monoisotopic (exact) mass is 220 g/mol. The highest BCUT2D eigenvalue weighted by Crippen LogP contribution is 2.46. The summed E-state index contributed by atoms with van der Waals surface area (Å²) >= 11 is 0. The molecule has 4 nitrogen and oxygen atoms in total. The SMILES string of the molecule is NC1=NCC2(CCN3CCCC32)N1C1CC1. The first-order valence-electron chi connectivity index (χ1n) is 6.65. The van der Waals surface area contributed by atoms with E-state index in [9.17, 15) is 0 Å². The number of guanidine groups is 1. The van der Waals surface area contributed by atoms with Gasteiger partial charge in [0.2, 0.25) is 0 Å². The van der Waals surface area contributed by atoms with Crippen molar-refractivity contribution in [2.24, 2.45) is 10.7 Å². The van der Waals surface area contributed by atoms with Crippen molar-refractivity contribution in [2.45, 2.75) is 49.7 Å². The second-order valence-electron chi connectivity index (χ2n) is 5.82. The first-order valence-corrected chi connectivity index (χ1v) is 6.65.